The van der Waals surface area contributed by atoms with Crippen molar-refractivity contribution >= 4 is 22.7 Å². The first-order valence-corrected chi connectivity index (χ1v) is 8.54. The number of rotatable bonds is 5. The maximum absolute atomic E-state index is 10.7. The van der Waals surface area contributed by atoms with E-state index in [2.05, 4.69) is 20.2 Å². The molecule has 0 radical (unpaired) electrons. The normalized spacial score (nSPS) is 11.3. The summed E-state index contributed by atoms with van der Waals surface area (Å²) >= 11 is 0. The smallest absolute Gasteiger partial charge is 0.404 e. The van der Waals surface area contributed by atoms with Crippen LogP contribution in [0.2, 0.25) is 0 Å². The highest BCUT2D eigenvalue weighted by molar-refractivity contribution is 5.93. The number of aryl methyl sites for hydroxylation is 1. The second-order valence-electron chi connectivity index (χ2n) is 6.16. The molecule has 138 valence electrons. The van der Waals surface area contributed by atoms with E-state index in [-0.39, 0.29) is 18.4 Å². The van der Waals surface area contributed by atoms with Crippen LogP contribution in [0.4, 0.5) is 11.8 Å². The zero-order valence-corrected chi connectivity index (χ0v) is 14.9. The van der Waals surface area contributed by atoms with E-state index in [9.17, 15) is 10.1 Å². The fraction of sp³-hybridized carbons (Fsp3) is 0.100. The molecule has 0 aliphatic rings. The summed E-state index contributed by atoms with van der Waals surface area (Å²) in [6.45, 7) is 2.08. The molecule has 0 unspecified atom stereocenters. The van der Waals surface area contributed by atoms with Crippen molar-refractivity contribution in [1.29, 1.82) is 0 Å². The summed E-state index contributed by atoms with van der Waals surface area (Å²) < 4.78 is 5.07. The molecule has 0 N–H and O–H groups in total. The van der Waals surface area contributed by atoms with E-state index >= 15 is 0 Å². The van der Waals surface area contributed by atoms with E-state index in [4.69, 9.17) is 4.42 Å². The Kier molecular flexibility index (Phi) is 4.59. The van der Waals surface area contributed by atoms with Gasteiger partial charge in [-0.15, -0.1) is 5.11 Å². The Labute approximate surface area is 159 Å². The molecule has 0 bridgehead atoms. The van der Waals surface area contributed by atoms with E-state index in [1.54, 1.807) is 0 Å². The van der Waals surface area contributed by atoms with Crippen LogP contribution in [-0.4, -0.2) is 14.9 Å². The second kappa shape index (κ2) is 7.36. The highest BCUT2D eigenvalue weighted by Gasteiger charge is 2.12. The minimum atomic E-state index is -0.596. The Balaban J connectivity index is 1.69. The molecule has 8 nitrogen and oxygen atoms in total. The van der Waals surface area contributed by atoms with Crippen molar-refractivity contribution in [3.63, 3.8) is 0 Å². The highest BCUT2D eigenvalue weighted by atomic mass is 16.6. The Hall–Kier alpha value is -3.94. The van der Waals surface area contributed by atoms with Crippen molar-refractivity contribution in [1.82, 2.24) is 9.97 Å². The van der Waals surface area contributed by atoms with E-state index in [0.717, 1.165) is 27.7 Å². The van der Waals surface area contributed by atoms with Crippen LogP contribution < -0.4 is 0 Å². The van der Waals surface area contributed by atoms with Gasteiger partial charge in [-0.1, -0.05) is 42.0 Å². The summed E-state index contributed by atoms with van der Waals surface area (Å²) in [7, 11) is 0. The van der Waals surface area contributed by atoms with Crippen LogP contribution in [0.25, 0.3) is 22.2 Å². The van der Waals surface area contributed by atoms with Crippen molar-refractivity contribution in [2.75, 3.05) is 0 Å². The minimum absolute atomic E-state index is 0.0593. The number of furan rings is 1. The molecule has 0 aliphatic carbocycles. The maximum atomic E-state index is 10.7. The fourth-order valence-corrected chi connectivity index (χ4v) is 2.81. The van der Waals surface area contributed by atoms with Gasteiger partial charge in [-0.05, 0) is 25.1 Å². The lowest BCUT2D eigenvalue weighted by atomic mass is 10.0. The molecule has 8 heteroatoms. The van der Waals surface area contributed by atoms with Gasteiger partial charge < -0.3 is 4.42 Å². The van der Waals surface area contributed by atoms with Crippen LogP contribution in [0.1, 0.15) is 11.3 Å². The predicted octanol–water partition coefficient (Wildman–Crippen LogP) is 5.39. The Morgan fingerprint density at radius 3 is 2.64 bits per heavy atom. The molecular formula is C20H15N5O3. The van der Waals surface area contributed by atoms with Gasteiger partial charge in [0.2, 0.25) is 0 Å². The van der Waals surface area contributed by atoms with Gasteiger partial charge in [0.05, 0.1) is 17.3 Å². The third kappa shape index (κ3) is 3.61. The topological polar surface area (TPSA) is 107 Å². The van der Waals surface area contributed by atoms with Crippen molar-refractivity contribution in [2.24, 2.45) is 10.2 Å². The quantitative estimate of drug-likeness (QED) is 0.265. The van der Waals surface area contributed by atoms with Crippen molar-refractivity contribution in [2.45, 2.75) is 13.5 Å². The molecule has 2 heterocycles. The van der Waals surface area contributed by atoms with Crippen LogP contribution in [0.3, 0.4) is 0 Å². The van der Waals surface area contributed by atoms with Crippen LogP contribution in [0.15, 0.2) is 75.3 Å². The molecule has 2 aromatic carbocycles. The molecule has 4 aromatic rings. The maximum Gasteiger partial charge on any atom is 0.433 e. The van der Waals surface area contributed by atoms with Gasteiger partial charge >= 0.3 is 5.88 Å². The van der Waals surface area contributed by atoms with Gasteiger partial charge in [0.1, 0.15) is 17.2 Å². The summed E-state index contributed by atoms with van der Waals surface area (Å²) in [4.78, 5) is 19.1. The molecule has 0 aliphatic heterocycles. The zero-order valence-electron chi connectivity index (χ0n) is 14.9. The number of fused-ring (bicyclic) bond motifs is 1. The van der Waals surface area contributed by atoms with Crippen molar-refractivity contribution in [3.05, 3.63) is 82.1 Å². The Bertz CT molecular complexity index is 1190. The van der Waals surface area contributed by atoms with Gasteiger partial charge in [-0.25, -0.2) is 9.97 Å². The Morgan fingerprint density at radius 1 is 1.07 bits per heavy atom. The van der Waals surface area contributed by atoms with Gasteiger partial charge in [0.25, 0.3) is 5.95 Å². The molecule has 0 amide bonds. The molecule has 4 rings (SSSR count). The van der Waals surface area contributed by atoms with Gasteiger partial charge in [-0.3, -0.25) is 10.1 Å². The highest BCUT2D eigenvalue weighted by Crippen LogP contribution is 2.29. The first-order valence-electron chi connectivity index (χ1n) is 8.54. The minimum Gasteiger partial charge on any atom is -0.404 e. The summed E-state index contributed by atoms with van der Waals surface area (Å²) in [5, 5.41) is 19.7. The third-order valence-electron chi connectivity index (χ3n) is 4.10. The molecule has 2 aromatic heterocycles. The lowest BCUT2D eigenvalue weighted by Crippen LogP contribution is -1.91. The monoisotopic (exact) mass is 373 g/mol. The molecular weight excluding hydrogens is 358 g/mol. The van der Waals surface area contributed by atoms with Crippen molar-refractivity contribution in [3.8, 4) is 11.3 Å². The first kappa shape index (κ1) is 17.5. The van der Waals surface area contributed by atoms with Crippen LogP contribution in [0, 0.1) is 17.0 Å². The van der Waals surface area contributed by atoms with Gasteiger partial charge in [0.15, 0.2) is 0 Å². The van der Waals surface area contributed by atoms with Crippen LogP contribution in [0.5, 0.6) is 0 Å². The van der Waals surface area contributed by atoms with Gasteiger partial charge in [0, 0.05) is 10.9 Å². The fourth-order valence-electron chi connectivity index (χ4n) is 2.81. The summed E-state index contributed by atoms with van der Waals surface area (Å²) in [5.74, 6) is 0.236. The summed E-state index contributed by atoms with van der Waals surface area (Å²) in [6, 6.07) is 18.5. The molecule has 0 atom stereocenters. The number of hydrogen-bond acceptors (Lipinski definition) is 7. The van der Waals surface area contributed by atoms with Crippen molar-refractivity contribution < 1.29 is 9.34 Å². The third-order valence-corrected chi connectivity index (χ3v) is 4.10. The first-order chi connectivity index (χ1) is 13.6. The Morgan fingerprint density at radius 2 is 1.89 bits per heavy atom. The SMILES string of the molecule is Cc1ccc2nc(N=NCc3ccc([N+](=O)[O-])o3)nc(-c3ccccc3)c2c1. The average Bonchev–Trinajstić information content (AvgIpc) is 3.18. The lowest BCUT2D eigenvalue weighted by molar-refractivity contribution is -0.402. The number of benzene rings is 2. The summed E-state index contributed by atoms with van der Waals surface area (Å²) in [5.41, 5.74) is 3.61. The molecule has 0 saturated heterocycles. The van der Waals surface area contributed by atoms with E-state index in [1.807, 2.05) is 55.5 Å². The van der Waals surface area contributed by atoms with E-state index in [1.165, 1.54) is 12.1 Å². The lowest BCUT2D eigenvalue weighted by Gasteiger charge is -2.07. The number of nitrogens with zero attached hydrogens (tertiary/aromatic N) is 5. The summed E-state index contributed by atoms with van der Waals surface area (Å²) in [6.07, 6.45) is 0. The number of hydrogen-bond donors (Lipinski definition) is 0. The van der Waals surface area contributed by atoms with E-state index < -0.39 is 4.92 Å². The molecule has 28 heavy (non-hydrogen) atoms. The number of nitro groups is 1. The standard InChI is InChI=1S/C20H15N5O3/c1-13-7-9-17-16(11-13)19(14-5-3-2-4-6-14)23-20(22-17)24-21-12-15-8-10-18(28-15)25(26)27/h2-11H,12H2,1H3. The van der Waals surface area contributed by atoms with Crippen LogP contribution >= 0.6 is 0 Å². The van der Waals surface area contributed by atoms with Gasteiger partial charge in [-0.2, -0.15) is 5.11 Å². The predicted molar refractivity (Wildman–Crippen MR) is 103 cm³/mol. The number of aromatic nitrogens is 2. The van der Waals surface area contributed by atoms with E-state index in [0.29, 0.717) is 5.76 Å². The average molecular weight is 373 g/mol. The molecule has 0 spiro atoms. The molecule has 0 saturated carbocycles. The van der Waals surface area contributed by atoms with Crippen LogP contribution in [-0.2, 0) is 6.54 Å². The largest absolute Gasteiger partial charge is 0.433 e. The molecule has 0 fully saturated rings. The number of azo groups is 1. The second-order valence-corrected chi connectivity index (χ2v) is 6.16. The zero-order chi connectivity index (χ0) is 19.5.